The average Bonchev–Trinajstić information content (AvgIpc) is 2.44. The topological polar surface area (TPSA) is 67.8 Å². The van der Waals surface area contributed by atoms with Crippen molar-refractivity contribution < 1.29 is 9.94 Å². The van der Waals surface area contributed by atoms with Gasteiger partial charge in [0.05, 0.1) is 5.56 Å². The molecule has 0 aromatic heterocycles. The summed E-state index contributed by atoms with van der Waals surface area (Å²) in [6.45, 7) is 3.90. The predicted octanol–water partition coefficient (Wildman–Crippen LogP) is 3.95. The Bertz CT molecular complexity index is 669. The molecule has 0 radical (unpaired) electrons. The lowest BCUT2D eigenvalue weighted by atomic mass is 10.1. The van der Waals surface area contributed by atoms with Gasteiger partial charge in [0.2, 0.25) is 0 Å². The van der Waals surface area contributed by atoms with E-state index in [2.05, 4.69) is 21.1 Å². The van der Waals surface area contributed by atoms with Gasteiger partial charge in [-0.25, -0.2) is 0 Å². The number of rotatable bonds is 3. The van der Waals surface area contributed by atoms with Gasteiger partial charge < -0.3 is 15.7 Å². The summed E-state index contributed by atoms with van der Waals surface area (Å²) in [7, 11) is 0. The molecule has 0 heterocycles. The van der Waals surface area contributed by atoms with Crippen LogP contribution in [0.25, 0.3) is 0 Å². The molecule has 0 fully saturated rings. The van der Waals surface area contributed by atoms with E-state index >= 15 is 0 Å². The summed E-state index contributed by atoms with van der Waals surface area (Å²) in [4.78, 5) is 0. The molecule has 0 aliphatic heterocycles. The summed E-state index contributed by atoms with van der Waals surface area (Å²) >= 11 is 3.45. The van der Waals surface area contributed by atoms with Gasteiger partial charge in [-0.1, -0.05) is 33.2 Å². The monoisotopic (exact) mass is 334 g/mol. The second-order valence-electron chi connectivity index (χ2n) is 4.45. The minimum absolute atomic E-state index is 0.0255. The van der Waals surface area contributed by atoms with Gasteiger partial charge in [0.1, 0.15) is 11.5 Å². The maximum atomic E-state index is 8.85. The minimum atomic E-state index is 0.0255. The number of aryl methyl sites for hydroxylation is 2. The molecule has 2 aromatic rings. The van der Waals surface area contributed by atoms with Crippen LogP contribution < -0.4 is 10.5 Å². The fraction of sp³-hybridized carbons (Fsp3) is 0.133. The van der Waals surface area contributed by atoms with E-state index < -0.39 is 0 Å². The Kier molecular flexibility index (Phi) is 4.29. The number of nitrogens with two attached hydrogens (primary N) is 1. The molecule has 5 heteroatoms. The molecule has 4 nitrogen and oxygen atoms in total. The van der Waals surface area contributed by atoms with Crippen LogP contribution in [-0.4, -0.2) is 11.0 Å². The quantitative estimate of drug-likeness (QED) is 0.386. The van der Waals surface area contributed by atoms with Crippen LogP contribution in [0.15, 0.2) is 46.0 Å². The highest BCUT2D eigenvalue weighted by atomic mass is 79.9. The minimum Gasteiger partial charge on any atom is -0.456 e. The van der Waals surface area contributed by atoms with Crippen molar-refractivity contribution in [2.45, 2.75) is 13.8 Å². The first-order valence-electron chi connectivity index (χ1n) is 6.04. The van der Waals surface area contributed by atoms with Crippen molar-refractivity contribution in [1.82, 2.24) is 0 Å². The van der Waals surface area contributed by atoms with E-state index in [0.717, 1.165) is 15.6 Å². The number of hydrogen-bond donors (Lipinski definition) is 2. The lowest BCUT2D eigenvalue weighted by Gasteiger charge is -2.13. The van der Waals surface area contributed by atoms with Gasteiger partial charge >= 0.3 is 0 Å². The molecule has 0 saturated carbocycles. The van der Waals surface area contributed by atoms with Crippen molar-refractivity contribution in [3.05, 3.63) is 57.6 Å². The standard InChI is InChI=1S/C15H15BrN2O2/c1-9-4-3-5-12(15(17)18-19)14(9)20-11-6-7-13(16)10(2)8-11/h3-8,19H,1-2H3,(H2,17,18). The number of hydrogen-bond acceptors (Lipinski definition) is 3. The zero-order chi connectivity index (χ0) is 14.7. The molecule has 20 heavy (non-hydrogen) atoms. The van der Waals surface area contributed by atoms with E-state index in [-0.39, 0.29) is 5.84 Å². The van der Waals surface area contributed by atoms with E-state index in [1.54, 1.807) is 6.07 Å². The molecule has 0 saturated heterocycles. The number of nitrogens with zero attached hydrogens (tertiary/aromatic N) is 1. The highest BCUT2D eigenvalue weighted by Crippen LogP contribution is 2.31. The van der Waals surface area contributed by atoms with Crippen molar-refractivity contribution in [3.8, 4) is 11.5 Å². The largest absolute Gasteiger partial charge is 0.456 e. The molecular weight excluding hydrogens is 320 g/mol. The fourth-order valence-electron chi connectivity index (χ4n) is 1.84. The van der Waals surface area contributed by atoms with Gasteiger partial charge in [-0.2, -0.15) is 0 Å². The third kappa shape index (κ3) is 2.93. The second kappa shape index (κ2) is 5.96. The van der Waals surface area contributed by atoms with Gasteiger partial charge in [0.25, 0.3) is 0 Å². The molecule has 0 unspecified atom stereocenters. The van der Waals surface area contributed by atoms with Gasteiger partial charge in [-0.3, -0.25) is 0 Å². The molecule has 0 aliphatic carbocycles. The first-order valence-corrected chi connectivity index (χ1v) is 6.83. The Morgan fingerprint density at radius 3 is 2.60 bits per heavy atom. The third-order valence-corrected chi connectivity index (χ3v) is 3.83. The van der Waals surface area contributed by atoms with Crippen molar-refractivity contribution in [2.75, 3.05) is 0 Å². The first kappa shape index (κ1) is 14.4. The molecule has 2 aromatic carbocycles. The third-order valence-electron chi connectivity index (χ3n) is 2.94. The smallest absolute Gasteiger partial charge is 0.173 e. The van der Waals surface area contributed by atoms with Gasteiger partial charge in [0, 0.05) is 4.47 Å². The highest BCUT2D eigenvalue weighted by Gasteiger charge is 2.12. The number of benzene rings is 2. The zero-order valence-corrected chi connectivity index (χ0v) is 12.8. The second-order valence-corrected chi connectivity index (χ2v) is 5.30. The van der Waals surface area contributed by atoms with Crippen molar-refractivity contribution >= 4 is 21.8 Å². The summed E-state index contributed by atoms with van der Waals surface area (Å²) < 4.78 is 6.93. The molecule has 2 rings (SSSR count). The van der Waals surface area contributed by atoms with Crippen molar-refractivity contribution in [2.24, 2.45) is 10.9 Å². The Morgan fingerprint density at radius 1 is 1.20 bits per heavy atom. The van der Waals surface area contributed by atoms with Crippen LogP contribution in [0.1, 0.15) is 16.7 Å². The molecule has 104 valence electrons. The summed E-state index contributed by atoms with van der Waals surface area (Å²) in [5, 5.41) is 11.9. The van der Waals surface area contributed by atoms with Crippen LogP contribution >= 0.6 is 15.9 Å². The van der Waals surface area contributed by atoms with Crippen LogP contribution in [-0.2, 0) is 0 Å². The summed E-state index contributed by atoms with van der Waals surface area (Å²) in [5.41, 5.74) is 8.23. The molecule has 0 amide bonds. The van der Waals surface area contributed by atoms with Gasteiger partial charge in [-0.05, 0) is 49.2 Å². The Hall–Kier alpha value is -2.01. The summed E-state index contributed by atoms with van der Waals surface area (Å²) in [6.07, 6.45) is 0. The van der Waals surface area contributed by atoms with Crippen LogP contribution in [0, 0.1) is 13.8 Å². The van der Waals surface area contributed by atoms with E-state index in [9.17, 15) is 0 Å². The number of ether oxygens (including phenoxy) is 1. The highest BCUT2D eigenvalue weighted by molar-refractivity contribution is 9.10. The van der Waals surface area contributed by atoms with Crippen LogP contribution in [0.5, 0.6) is 11.5 Å². The molecule has 0 bridgehead atoms. The SMILES string of the molecule is Cc1cc(Oc2c(C)cccc2/C(N)=N/O)ccc1Br. The Balaban J connectivity index is 2.45. The number of amidine groups is 1. The Morgan fingerprint density at radius 2 is 1.95 bits per heavy atom. The maximum Gasteiger partial charge on any atom is 0.173 e. The molecular formula is C15H15BrN2O2. The number of para-hydroxylation sites is 1. The van der Waals surface area contributed by atoms with Crippen LogP contribution in [0.3, 0.4) is 0 Å². The van der Waals surface area contributed by atoms with E-state index in [1.807, 2.05) is 44.2 Å². The summed E-state index contributed by atoms with van der Waals surface area (Å²) in [6, 6.07) is 11.2. The van der Waals surface area contributed by atoms with Crippen LogP contribution in [0.4, 0.5) is 0 Å². The molecule has 3 N–H and O–H groups in total. The Labute approximate surface area is 126 Å². The molecule has 0 spiro atoms. The lowest BCUT2D eigenvalue weighted by Crippen LogP contribution is -2.14. The van der Waals surface area contributed by atoms with Gasteiger partial charge in [-0.15, -0.1) is 0 Å². The lowest BCUT2D eigenvalue weighted by molar-refractivity contribution is 0.318. The normalized spacial score (nSPS) is 11.4. The first-order chi connectivity index (χ1) is 9.52. The van der Waals surface area contributed by atoms with Crippen molar-refractivity contribution in [1.29, 1.82) is 0 Å². The predicted molar refractivity (Wildman–Crippen MR) is 82.6 cm³/mol. The summed E-state index contributed by atoms with van der Waals surface area (Å²) in [5.74, 6) is 1.31. The van der Waals surface area contributed by atoms with E-state index in [0.29, 0.717) is 17.1 Å². The van der Waals surface area contributed by atoms with Gasteiger partial charge in [0.15, 0.2) is 5.84 Å². The van der Waals surface area contributed by atoms with E-state index in [1.165, 1.54) is 0 Å². The number of oxime groups is 1. The zero-order valence-electron chi connectivity index (χ0n) is 11.2. The van der Waals surface area contributed by atoms with Crippen LogP contribution in [0.2, 0.25) is 0 Å². The maximum absolute atomic E-state index is 8.85. The van der Waals surface area contributed by atoms with Crippen molar-refractivity contribution in [3.63, 3.8) is 0 Å². The molecule has 0 aliphatic rings. The van der Waals surface area contributed by atoms with E-state index in [4.69, 9.17) is 15.7 Å². The average molecular weight is 335 g/mol. The fourth-order valence-corrected chi connectivity index (χ4v) is 2.09. The number of halogens is 1. The molecule has 0 atom stereocenters.